The van der Waals surface area contributed by atoms with Gasteiger partial charge in [-0.1, -0.05) is 71.3 Å². The normalized spacial score (nSPS) is 10.0. The molecule has 0 radical (unpaired) electrons. The number of nitrogens with zero attached hydrogens (tertiary/aromatic N) is 2. The van der Waals surface area contributed by atoms with Gasteiger partial charge >= 0.3 is 34.5 Å². The van der Waals surface area contributed by atoms with Crippen LogP contribution in [0.4, 0.5) is 5.69 Å². The summed E-state index contributed by atoms with van der Waals surface area (Å²) in [5.41, 5.74) is 16.3. The molecule has 51 heavy (non-hydrogen) atoms. The Kier molecular flexibility index (Phi) is 18.4. The van der Waals surface area contributed by atoms with Crippen molar-refractivity contribution in [3.05, 3.63) is 152 Å². The molecule has 0 N–H and O–H groups in total. The molecule has 0 atom stereocenters. The van der Waals surface area contributed by atoms with E-state index in [2.05, 4.69) is 184 Å². The van der Waals surface area contributed by atoms with E-state index in [9.17, 15) is 0 Å². The zero-order chi connectivity index (χ0) is 37.1. The van der Waals surface area contributed by atoms with Gasteiger partial charge in [-0.15, -0.1) is 11.3 Å². The molecule has 4 aromatic rings. The number of aryl methyl sites for hydroxylation is 8. The van der Waals surface area contributed by atoms with Crippen LogP contribution in [0.25, 0.3) is 20.5 Å². The quantitative estimate of drug-likeness (QED) is 0.0984. The van der Waals surface area contributed by atoms with Crippen molar-refractivity contribution in [2.24, 2.45) is 0 Å². The Morgan fingerprint density at radius 2 is 1.16 bits per heavy atom. The van der Waals surface area contributed by atoms with E-state index in [0.717, 1.165) is 6.42 Å². The van der Waals surface area contributed by atoms with Gasteiger partial charge in [-0.3, -0.25) is 0 Å². The third-order valence-corrected chi connectivity index (χ3v) is 9.86. The summed E-state index contributed by atoms with van der Waals surface area (Å²) >= 11 is 0.968. The van der Waals surface area contributed by atoms with Crippen LogP contribution >= 0.6 is 30.7 Å². The summed E-state index contributed by atoms with van der Waals surface area (Å²) in [6.45, 7) is 17.3. The van der Waals surface area contributed by atoms with Gasteiger partial charge < -0.3 is 17.3 Å². The minimum absolute atomic E-state index is 0. The number of anilines is 1. The van der Waals surface area contributed by atoms with E-state index in [1.807, 2.05) is 11.3 Å². The zero-order valence-electron chi connectivity index (χ0n) is 32.5. The number of hydrogen-bond donors (Lipinski definition) is 0. The van der Waals surface area contributed by atoms with E-state index in [0.29, 0.717) is 0 Å². The van der Waals surface area contributed by atoms with E-state index >= 15 is 0 Å². The average Bonchev–Trinajstić information content (AvgIpc) is 3.03. The second-order valence-corrected chi connectivity index (χ2v) is 19.4. The van der Waals surface area contributed by atoms with Gasteiger partial charge in [0, 0.05) is 41.5 Å². The van der Waals surface area contributed by atoms with Crippen molar-refractivity contribution < 1.29 is 27.6 Å². The molecule has 0 amide bonds. The summed E-state index contributed by atoms with van der Waals surface area (Å²) in [5.74, 6) is 0. The number of hydrogen-bond acceptors (Lipinski definition) is 2. The first kappa shape index (κ1) is 44.4. The van der Waals surface area contributed by atoms with Crippen LogP contribution in [0.5, 0.6) is 0 Å². The van der Waals surface area contributed by atoms with E-state index in [1.54, 1.807) is 0 Å². The van der Waals surface area contributed by atoms with Crippen LogP contribution in [0.1, 0.15) is 55.6 Å². The van der Waals surface area contributed by atoms with Crippen LogP contribution in [0.2, 0.25) is 0 Å². The SMILES string of the molecule is Cc1cc(C)c2cc3c(C)cc(=[N+](C)C)cc-3sc2c1.Cc1ccc(Cc2ccc(N(C)C)cc2C)c(C)c1.Cc1cccc(C)c1.[Cl-].[Cl][Zn][Cl]. The van der Waals surface area contributed by atoms with E-state index in [1.165, 1.54) is 87.2 Å². The summed E-state index contributed by atoms with van der Waals surface area (Å²) in [4.78, 5) is 3.51. The molecule has 4 aromatic carbocycles. The molecule has 0 spiro atoms. The molecule has 6 rings (SSSR count). The molecule has 1 heterocycles. The molecule has 2 nitrogen and oxygen atoms in total. The first-order valence-electron chi connectivity index (χ1n) is 17.1. The fraction of sp³-hybridized carbons (Fsp3) is 0.295. The Bertz CT molecular complexity index is 2060. The third-order valence-electron chi connectivity index (χ3n) is 8.75. The summed E-state index contributed by atoms with van der Waals surface area (Å²) in [6, 6.07) is 33.4. The molecule has 0 aromatic heterocycles. The van der Waals surface area contributed by atoms with Crippen molar-refractivity contribution in [2.45, 2.75) is 61.8 Å². The Morgan fingerprint density at radius 3 is 1.67 bits per heavy atom. The first-order valence-corrected chi connectivity index (χ1v) is 25.7. The van der Waals surface area contributed by atoms with Crippen LogP contribution in [-0.2, 0) is 21.6 Å². The van der Waals surface area contributed by atoms with Crippen LogP contribution in [-0.4, -0.2) is 28.2 Å². The Balaban J connectivity index is 0.000000271. The second-order valence-electron chi connectivity index (χ2n) is 13.7. The zero-order valence-corrected chi connectivity index (χ0v) is 38.6. The Morgan fingerprint density at radius 1 is 0.608 bits per heavy atom. The fourth-order valence-electron chi connectivity index (χ4n) is 5.96. The molecule has 0 saturated heterocycles. The van der Waals surface area contributed by atoms with Crippen molar-refractivity contribution in [2.75, 3.05) is 33.1 Å². The molecule has 7 heteroatoms. The minimum atomic E-state index is -0.931. The molecule has 1 aliphatic carbocycles. The average molecular weight is 814 g/mol. The van der Waals surface area contributed by atoms with Crippen molar-refractivity contribution in [1.82, 2.24) is 4.58 Å². The molecule has 0 bridgehead atoms. The van der Waals surface area contributed by atoms with Gasteiger partial charge in [0.05, 0.1) is 0 Å². The predicted molar refractivity (Wildman–Crippen MR) is 222 cm³/mol. The monoisotopic (exact) mass is 810 g/mol. The van der Waals surface area contributed by atoms with Crippen LogP contribution in [0.3, 0.4) is 0 Å². The van der Waals surface area contributed by atoms with Gasteiger partial charge in [0.15, 0.2) is 0 Å². The molecule has 0 unspecified atom stereocenters. The summed E-state index contributed by atoms with van der Waals surface area (Å²) in [5, 5.41) is 2.66. The predicted octanol–water partition coefficient (Wildman–Crippen LogP) is 8.92. The number of rotatable bonds is 3. The van der Waals surface area contributed by atoms with Gasteiger partial charge in [-0.25, -0.2) is 4.58 Å². The molecule has 0 fully saturated rings. The number of halogens is 3. The summed E-state index contributed by atoms with van der Waals surface area (Å²) < 4.78 is 3.55. The van der Waals surface area contributed by atoms with Crippen molar-refractivity contribution in [1.29, 1.82) is 0 Å². The third kappa shape index (κ3) is 13.3. The maximum absolute atomic E-state index is 4.95. The van der Waals surface area contributed by atoms with Crippen LogP contribution in [0, 0.1) is 55.4 Å². The Labute approximate surface area is 333 Å². The number of fused-ring (bicyclic) bond motifs is 2. The molecule has 1 aliphatic heterocycles. The van der Waals surface area contributed by atoms with Crippen LogP contribution in [0.15, 0.2) is 91.0 Å². The van der Waals surface area contributed by atoms with Gasteiger partial charge in [-0.05, 0) is 136 Å². The fourth-order valence-corrected chi connectivity index (χ4v) is 7.28. The van der Waals surface area contributed by atoms with E-state index in [-0.39, 0.29) is 12.4 Å². The van der Waals surface area contributed by atoms with Crippen molar-refractivity contribution in [3.63, 3.8) is 0 Å². The Hall–Kier alpha value is -2.72. The molecule has 268 valence electrons. The van der Waals surface area contributed by atoms with E-state index in [4.69, 9.17) is 19.4 Å². The van der Waals surface area contributed by atoms with Gasteiger partial charge in [0.1, 0.15) is 14.1 Å². The number of benzene rings is 5. The second kappa shape index (κ2) is 21.1. The molecular formula is C44H53Cl3N2SZn. The first-order chi connectivity index (χ1) is 23.6. The molecular weight excluding hydrogens is 760 g/mol. The summed E-state index contributed by atoms with van der Waals surface area (Å²) in [6.07, 6.45) is 1.02. The standard InChI is InChI=1S/C18H20NS.C18H23N.C8H10.3ClH.Zn/c1-11-6-12(2)15-10-16-13(3)8-14(19(4)5)9-18(16)20-17(15)7-11;1-13-6-7-16(14(2)10-13)12-17-8-9-18(19(4)5)11-15(17)3;1-7-4-3-5-8(2)6-7;;;;/h6-10H,1-5H3;6-11H,12H2,1-5H3;3-6H,1-2H3;3*1H;/q+1;;;;;;+2/p-3. The van der Waals surface area contributed by atoms with E-state index < -0.39 is 15.1 Å². The van der Waals surface area contributed by atoms with Gasteiger partial charge in [-0.2, -0.15) is 0 Å². The topological polar surface area (TPSA) is 6.25 Å². The summed E-state index contributed by atoms with van der Waals surface area (Å²) in [7, 11) is 18.3. The van der Waals surface area contributed by atoms with Crippen molar-refractivity contribution >= 4 is 46.5 Å². The van der Waals surface area contributed by atoms with Crippen molar-refractivity contribution in [3.8, 4) is 10.4 Å². The molecule has 2 aliphatic rings. The van der Waals surface area contributed by atoms with Crippen LogP contribution < -0.4 is 27.2 Å². The molecule has 0 saturated carbocycles. The maximum atomic E-state index is 4.95. The van der Waals surface area contributed by atoms with Gasteiger partial charge in [0.25, 0.3) is 0 Å². The van der Waals surface area contributed by atoms with Gasteiger partial charge in [0.2, 0.25) is 5.36 Å².